The Balaban J connectivity index is 2.18. The van der Waals surface area contributed by atoms with Gasteiger partial charge in [-0.15, -0.1) is 0 Å². The molecule has 1 aromatic rings. The second-order valence-electron chi connectivity index (χ2n) is 6.09. The topological polar surface area (TPSA) is 117 Å². The molecule has 0 aromatic heterocycles. The first-order valence-electron chi connectivity index (χ1n) is 7.91. The normalized spacial score (nSPS) is 19.6. The third-order valence-electron chi connectivity index (χ3n) is 3.71. The Kier molecular flexibility index (Phi) is 6.17. The fourth-order valence-corrected chi connectivity index (χ4v) is 2.48. The van der Waals surface area contributed by atoms with Gasteiger partial charge in [-0.1, -0.05) is 12.1 Å². The lowest BCUT2D eigenvalue weighted by Crippen LogP contribution is -2.22. The van der Waals surface area contributed by atoms with Gasteiger partial charge >= 0.3 is 5.97 Å². The van der Waals surface area contributed by atoms with E-state index < -0.39 is 28.5 Å². The molecule has 9 heteroatoms. The van der Waals surface area contributed by atoms with Gasteiger partial charge in [0.05, 0.1) is 30.3 Å². The van der Waals surface area contributed by atoms with Gasteiger partial charge in [0.1, 0.15) is 12.4 Å². The van der Waals surface area contributed by atoms with Crippen LogP contribution in [0, 0.1) is 10.1 Å². The van der Waals surface area contributed by atoms with E-state index in [0.717, 1.165) is 7.11 Å². The van der Waals surface area contributed by atoms with Crippen LogP contribution in [0.3, 0.4) is 0 Å². The molecule has 1 fully saturated rings. The summed E-state index contributed by atoms with van der Waals surface area (Å²) in [6, 6.07) is 6.05. The fraction of sp³-hybridized carbons (Fsp3) is 0.471. The first-order valence-corrected chi connectivity index (χ1v) is 7.91. The first-order chi connectivity index (χ1) is 12.2. The Morgan fingerprint density at radius 2 is 2.12 bits per heavy atom. The number of aliphatic hydroxyl groups excluding tert-OH is 1. The maximum Gasteiger partial charge on any atom is 0.376 e. The van der Waals surface area contributed by atoms with Gasteiger partial charge in [0.2, 0.25) is 5.76 Å². The summed E-state index contributed by atoms with van der Waals surface area (Å²) in [6.07, 6.45) is -0.400. The minimum Gasteiger partial charge on any atom is -0.499 e. The Morgan fingerprint density at radius 1 is 1.42 bits per heavy atom. The quantitative estimate of drug-likeness (QED) is 0.257. The van der Waals surface area contributed by atoms with Crippen LogP contribution in [-0.2, 0) is 30.3 Å². The molecule has 142 valence electrons. The highest BCUT2D eigenvalue weighted by atomic mass is 16.7. The Bertz CT molecular complexity index is 712. The van der Waals surface area contributed by atoms with Crippen LogP contribution in [0.15, 0.2) is 35.8 Å². The second kappa shape index (κ2) is 8.15. The molecule has 0 spiro atoms. The molecule has 1 aliphatic heterocycles. The minimum atomic E-state index is -0.972. The van der Waals surface area contributed by atoms with Crippen molar-refractivity contribution in [2.45, 2.75) is 38.8 Å². The van der Waals surface area contributed by atoms with Crippen molar-refractivity contribution in [3.63, 3.8) is 0 Å². The second-order valence-corrected chi connectivity index (χ2v) is 6.09. The number of esters is 1. The van der Waals surface area contributed by atoms with Crippen LogP contribution in [0.25, 0.3) is 0 Å². The van der Waals surface area contributed by atoms with Gasteiger partial charge in [-0.3, -0.25) is 10.1 Å². The number of nitro benzene ring substituents is 1. The molecule has 0 amide bonds. The molecule has 0 radical (unpaired) electrons. The van der Waals surface area contributed by atoms with Crippen LogP contribution < -0.4 is 0 Å². The van der Waals surface area contributed by atoms with Gasteiger partial charge < -0.3 is 24.1 Å². The zero-order valence-corrected chi connectivity index (χ0v) is 14.8. The predicted molar refractivity (Wildman–Crippen MR) is 89.1 cm³/mol. The molecule has 1 N–H and O–H groups in total. The molecule has 1 unspecified atom stereocenters. The van der Waals surface area contributed by atoms with Crippen LogP contribution in [0.4, 0.5) is 5.69 Å². The zero-order valence-electron chi connectivity index (χ0n) is 14.8. The molecular weight excluding hydrogens is 346 g/mol. The molecule has 1 saturated heterocycles. The lowest BCUT2D eigenvalue weighted by atomic mass is 10.2. The molecule has 0 saturated carbocycles. The number of rotatable bonds is 7. The van der Waals surface area contributed by atoms with Crippen LogP contribution in [0.1, 0.15) is 25.8 Å². The fourth-order valence-electron chi connectivity index (χ4n) is 2.48. The van der Waals surface area contributed by atoms with Crippen molar-refractivity contribution < 1.29 is 33.8 Å². The van der Waals surface area contributed by atoms with E-state index in [-0.39, 0.29) is 31.1 Å². The van der Waals surface area contributed by atoms with E-state index in [4.69, 9.17) is 14.2 Å². The summed E-state index contributed by atoms with van der Waals surface area (Å²) >= 11 is 0. The summed E-state index contributed by atoms with van der Waals surface area (Å²) in [7, 11) is 1.12. The SMILES string of the molecule is COC(=O)/C(O)=C(\CC1COC(C)(C)O1)OCc1ccccc1[N+](=O)[O-]. The lowest BCUT2D eigenvalue weighted by molar-refractivity contribution is -0.385. The van der Waals surface area contributed by atoms with Crippen LogP contribution in [-0.4, -0.2) is 41.6 Å². The number of hydrogen-bond acceptors (Lipinski definition) is 8. The average molecular weight is 367 g/mol. The summed E-state index contributed by atoms with van der Waals surface area (Å²) in [4.78, 5) is 22.2. The predicted octanol–water partition coefficient (Wildman–Crippen LogP) is 2.60. The monoisotopic (exact) mass is 367 g/mol. The summed E-state index contributed by atoms with van der Waals surface area (Å²) in [5.41, 5.74) is 0.183. The number of nitrogens with zero attached hydrogens (tertiary/aromatic N) is 1. The van der Waals surface area contributed by atoms with Crippen molar-refractivity contribution in [3.8, 4) is 0 Å². The molecule has 1 aromatic carbocycles. The molecule has 0 bridgehead atoms. The smallest absolute Gasteiger partial charge is 0.376 e. The summed E-state index contributed by atoms with van der Waals surface area (Å²) in [6.45, 7) is 3.53. The van der Waals surface area contributed by atoms with Crippen molar-refractivity contribution in [3.05, 3.63) is 51.5 Å². The molecule has 2 rings (SSSR count). The summed E-state index contributed by atoms with van der Waals surface area (Å²) in [5.74, 6) is -2.55. The Labute approximate surface area is 150 Å². The van der Waals surface area contributed by atoms with Crippen molar-refractivity contribution >= 4 is 11.7 Å². The number of hydrogen-bond donors (Lipinski definition) is 1. The number of aliphatic hydroxyl groups is 1. The number of benzene rings is 1. The molecule has 1 aliphatic rings. The number of para-hydroxylation sites is 1. The number of ether oxygens (including phenoxy) is 4. The van der Waals surface area contributed by atoms with E-state index in [1.165, 1.54) is 18.2 Å². The van der Waals surface area contributed by atoms with Crippen LogP contribution >= 0.6 is 0 Å². The highest BCUT2D eigenvalue weighted by Crippen LogP contribution is 2.28. The largest absolute Gasteiger partial charge is 0.499 e. The van der Waals surface area contributed by atoms with Gasteiger partial charge in [0.25, 0.3) is 5.69 Å². The van der Waals surface area contributed by atoms with Crippen molar-refractivity contribution in [1.82, 2.24) is 0 Å². The third kappa shape index (κ3) is 4.93. The molecule has 1 heterocycles. The third-order valence-corrected chi connectivity index (χ3v) is 3.71. The molecule has 26 heavy (non-hydrogen) atoms. The van der Waals surface area contributed by atoms with Gasteiger partial charge in [-0.05, 0) is 19.9 Å². The van der Waals surface area contributed by atoms with Gasteiger partial charge in [0, 0.05) is 12.5 Å². The van der Waals surface area contributed by atoms with E-state index in [2.05, 4.69) is 4.74 Å². The zero-order chi connectivity index (χ0) is 19.3. The van der Waals surface area contributed by atoms with E-state index in [1.807, 2.05) is 0 Å². The Morgan fingerprint density at radius 3 is 2.69 bits per heavy atom. The highest BCUT2D eigenvalue weighted by Gasteiger charge is 2.34. The van der Waals surface area contributed by atoms with E-state index in [9.17, 15) is 20.0 Å². The van der Waals surface area contributed by atoms with E-state index in [0.29, 0.717) is 5.56 Å². The van der Waals surface area contributed by atoms with E-state index in [1.54, 1.807) is 19.9 Å². The maximum atomic E-state index is 11.7. The lowest BCUT2D eigenvalue weighted by Gasteiger charge is -2.18. The summed E-state index contributed by atoms with van der Waals surface area (Å²) in [5, 5.41) is 21.2. The number of carbonyl (C=O) groups is 1. The molecule has 0 aliphatic carbocycles. The standard InChI is InChI=1S/C17H21NO8/c1-17(2)25-10-12(26-17)8-14(15(19)16(20)23-3)24-9-11-6-4-5-7-13(11)18(21)22/h4-7,12,19H,8-10H2,1-3H3/b15-14-. The minimum absolute atomic E-state index is 0.0466. The molecular formula is C17H21NO8. The van der Waals surface area contributed by atoms with Gasteiger partial charge in [-0.25, -0.2) is 4.79 Å². The van der Waals surface area contributed by atoms with Crippen LogP contribution in [0.5, 0.6) is 0 Å². The first kappa shape index (κ1) is 19.7. The van der Waals surface area contributed by atoms with E-state index >= 15 is 0 Å². The number of nitro groups is 1. The van der Waals surface area contributed by atoms with Crippen molar-refractivity contribution in [2.24, 2.45) is 0 Å². The van der Waals surface area contributed by atoms with Crippen molar-refractivity contribution in [2.75, 3.05) is 13.7 Å². The summed E-state index contributed by atoms with van der Waals surface area (Å²) < 4.78 is 21.1. The average Bonchev–Trinajstić information content (AvgIpc) is 2.95. The van der Waals surface area contributed by atoms with Crippen molar-refractivity contribution in [1.29, 1.82) is 0 Å². The molecule has 1 atom stereocenters. The van der Waals surface area contributed by atoms with Crippen LogP contribution in [0.2, 0.25) is 0 Å². The van der Waals surface area contributed by atoms with Gasteiger partial charge in [0.15, 0.2) is 5.79 Å². The van der Waals surface area contributed by atoms with Gasteiger partial charge in [-0.2, -0.15) is 0 Å². The number of methoxy groups -OCH3 is 1. The highest BCUT2D eigenvalue weighted by molar-refractivity contribution is 5.86. The maximum absolute atomic E-state index is 11.7. The number of carbonyl (C=O) groups excluding carboxylic acids is 1. The molecule has 9 nitrogen and oxygen atoms in total. The Hall–Kier alpha value is -2.65.